The van der Waals surface area contributed by atoms with Crippen molar-refractivity contribution in [3.63, 3.8) is 0 Å². The van der Waals surface area contributed by atoms with Crippen molar-refractivity contribution in [1.29, 1.82) is 0 Å². The number of aromatic nitrogens is 1. The lowest BCUT2D eigenvalue weighted by atomic mass is 10.1. The normalized spacial score (nSPS) is 17.9. The molecule has 26 heavy (non-hydrogen) atoms. The highest BCUT2D eigenvalue weighted by atomic mass is 35.5. The summed E-state index contributed by atoms with van der Waals surface area (Å²) in [5.74, 6) is -0.186. The van der Waals surface area contributed by atoms with Gasteiger partial charge in [-0.2, -0.15) is 0 Å². The average Bonchev–Trinajstić information content (AvgIpc) is 3.01. The third-order valence-electron chi connectivity index (χ3n) is 4.30. The minimum absolute atomic E-state index is 0.0258. The number of pyridine rings is 1. The summed E-state index contributed by atoms with van der Waals surface area (Å²) in [6.45, 7) is 0. The highest BCUT2D eigenvalue weighted by Crippen LogP contribution is 2.27. The molecule has 1 atom stereocenters. The second-order valence-electron chi connectivity index (χ2n) is 6.11. The van der Waals surface area contributed by atoms with E-state index in [9.17, 15) is 4.79 Å². The van der Waals surface area contributed by atoms with E-state index in [2.05, 4.69) is 26.6 Å². The first-order valence-electron chi connectivity index (χ1n) is 8.36. The number of benzene rings is 1. The van der Waals surface area contributed by atoms with Crippen molar-refractivity contribution < 1.29 is 9.78 Å². The molecule has 0 radical (unpaired) electrons. The molecular formula is C20H18ClN4O+. The molecule has 0 bridgehead atoms. The van der Waals surface area contributed by atoms with Crippen LogP contribution in [0.5, 0.6) is 0 Å². The number of rotatable bonds is 4. The zero-order chi connectivity index (χ0) is 17.9. The molecule has 0 saturated carbocycles. The Labute approximate surface area is 156 Å². The summed E-state index contributed by atoms with van der Waals surface area (Å²) in [5.41, 5.74) is 3.23. The number of carbonyl (C=O) groups excluding carboxylic acids is 1. The molecule has 2 aliphatic rings. The molecule has 4 rings (SSSR count). The van der Waals surface area contributed by atoms with Crippen molar-refractivity contribution in [3.8, 4) is 0 Å². The number of nitrogens with one attached hydrogen (secondary N) is 3. The van der Waals surface area contributed by atoms with Gasteiger partial charge in [0.15, 0.2) is 12.4 Å². The number of H-pyrrole nitrogens is 1. The Balaban J connectivity index is 1.56. The zero-order valence-corrected chi connectivity index (χ0v) is 14.7. The third kappa shape index (κ3) is 3.34. The molecule has 5 nitrogen and oxygen atoms in total. The number of hydrogen-bond acceptors (Lipinski definition) is 3. The van der Waals surface area contributed by atoms with E-state index in [1.54, 1.807) is 12.1 Å². The molecule has 1 amide bonds. The number of halogens is 1. The molecule has 130 valence electrons. The lowest BCUT2D eigenvalue weighted by molar-refractivity contribution is -0.378. The van der Waals surface area contributed by atoms with Crippen molar-refractivity contribution in [2.45, 2.75) is 12.6 Å². The van der Waals surface area contributed by atoms with Crippen LogP contribution in [0.3, 0.4) is 0 Å². The predicted octanol–water partition coefficient (Wildman–Crippen LogP) is 2.86. The van der Waals surface area contributed by atoms with Gasteiger partial charge < -0.3 is 15.5 Å². The molecule has 6 heteroatoms. The largest absolute Gasteiger partial charge is 0.358 e. The van der Waals surface area contributed by atoms with Gasteiger partial charge in [0.2, 0.25) is 0 Å². The highest BCUT2D eigenvalue weighted by Gasteiger charge is 2.33. The first-order chi connectivity index (χ1) is 12.7. The van der Waals surface area contributed by atoms with Gasteiger partial charge in [-0.1, -0.05) is 23.7 Å². The fourth-order valence-electron chi connectivity index (χ4n) is 3.12. The zero-order valence-electron chi connectivity index (χ0n) is 13.9. The van der Waals surface area contributed by atoms with Crippen molar-refractivity contribution in [1.82, 2.24) is 10.2 Å². The molecule has 2 aliphatic heterocycles. The number of fused-ring (bicyclic) bond motifs is 1. The second-order valence-corrected chi connectivity index (χ2v) is 6.55. The van der Waals surface area contributed by atoms with Gasteiger partial charge in [-0.3, -0.25) is 4.79 Å². The van der Waals surface area contributed by atoms with Gasteiger partial charge in [0, 0.05) is 35.0 Å². The van der Waals surface area contributed by atoms with E-state index in [4.69, 9.17) is 11.6 Å². The lowest BCUT2D eigenvalue weighted by Gasteiger charge is -2.25. The smallest absolute Gasteiger partial charge is 0.273 e. The summed E-state index contributed by atoms with van der Waals surface area (Å²) in [5, 5.41) is 6.85. The van der Waals surface area contributed by atoms with E-state index < -0.39 is 0 Å². The number of hydrogen-bond donors (Lipinski definition) is 2. The topological polar surface area (TPSA) is 58.5 Å². The van der Waals surface area contributed by atoms with Crippen molar-refractivity contribution >= 4 is 23.2 Å². The monoisotopic (exact) mass is 365 g/mol. The van der Waals surface area contributed by atoms with Crippen LogP contribution in [-0.4, -0.2) is 17.0 Å². The average molecular weight is 366 g/mol. The molecule has 1 aromatic carbocycles. The Morgan fingerprint density at radius 3 is 3.00 bits per heavy atom. The summed E-state index contributed by atoms with van der Waals surface area (Å²) >= 11 is 6.00. The van der Waals surface area contributed by atoms with Crippen molar-refractivity contribution in [3.05, 3.63) is 95.2 Å². The molecule has 0 aliphatic carbocycles. The summed E-state index contributed by atoms with van der Waals surface area (Å²) in [6, 6.07) is 11.2. The van der Waals surface area contributed by atoms with Gasteiger partial charge in [-0.05, 0) is 36.4 Å². The molecule has 1 unspecified atom stereocenters. The number of anilines is 1. The first-order valence-corrected chi connectivity index (χ1v) is 8.74. The highest BCUT2D eigenvalue weighted by molar-refractivity contribution is 6.30. The Hall–Kier alpha value is -3.05. The maximum absolute atomic E-state index is 12.8. The Morgan fingerprint density at radius 2 is 2.19 bits per heavy atom. The summed E-state index contributed by atoms with van der Waals surface area (Å²) in [4.78, 5) is 18.0. The van der Waals surface area contributed by atoms with Crippen LogP contribution < -0.4 is 15.6 Å². The van der Waals surface area contributed by atoms with E-state index in [0.29, 0.717) is 16.4 Å². The van der Waals surface area contributed by atoms with Crippen molar-refractivity contribution in [2.75, 3.05) is 5.32 Å². The Bertz CT molecular complexity index is 920. The van der Waals surface area contributed by atoms with E-state index in [1.807, 2.05) is 55.0 Å². The van der Waals surface area contributed by atoms with Crippen LogP contribution in [-0.2, 0) is 11.2 Å². The fraction of sp³-hybridized carbons (Fsp3) is 0.100. The van der Waals surface area contributed by atoms with Gasteiger partial charge in [-0.25, -0.2) is 4.98 Å². The third-order valence-corrected chi connectivity index (χ3v) is 4.54. The summed E-state index contributed by atoms with van der Waals surface area (Å²) in [6.07, 6.45) is 12.4. The number of amides is 1. The molecule has 0 spiro atoms. The van der Waals surface area contributed by atoms with E-state index in [0.717, 1.165) is 17.7 Å². The molecule has 3 heterocycles. The van der Waals surface area contributed by atoms with Crippen LogP contribution in [0.2, 0.25) is 5.02 Å². The quantitative estimate of drug-likeness (QED) is 0.876. The van der Waals surface area contributed by atoms with Crippen LogP contribution in [0, 0.1) is 0 Å². The van der Waals surface area contributed by atoms with Gasteiger partial charge in [0.1, 0.15) is 11.9 Å². The molecular weight excluding hydrogens is 348 g/mol. The Morgan fingerprint density at radius 1 is 1.27 bits per heavy atom. The van der Waals surface area contributed by atoms with Gasteiger partial charge in [0.25, 0.3) is 5.91 Å². The predicted molar refractivity (Wildman–Crippen MR) is 101 cm³/mol. The van der Waals surface area contributed by atoms with Gasteiger partial charge in [0.05, 0.1) is 5.70 Å². The van der Waals surface area contributed by atoms with Crippen LogP contribution in [0.25, 0.3) is 0 Å². The first kappa shape index (κ1) is 16.4. The van der Waals surface area contributed by atoms with Crippen LogP contribution >= 0.6 is 11.6 Å². The standard InChI is InChI=1S/C20H17ClN4O/c21-15-6-3-7-16(12-15)23-20(26)19-17-8-1-2-10-25(17)18(24-19)11-14-5-4-9-22-13-14/h1-10,12-13,18,24H,11H2,(H,23,26)/p+1. The van der Waals surface area contributed by atoms with Gasteiger partial charge >= 0.3 is 0 Å². The number of nitrogens with zero attached hydrogens (tertiary/aromatic N) is 1. The molecule has 2 aromatic rings. The minimum atomic E-state index is -0.186. The lowest BCUT2D eigenvalue weighted by Crippen LogP contribution is -2.37. The van der Waals surface area contributed by atoms with Crippen LogP contribution in [0.4, 0.5) is 5.69 Å². The molecule has 0 saturated heterocycles. The molecule has 3 N–H and O–H groups in total. The maximum atomic E-state index is 12.8. The minimum Gasteiger partial charge on any atom is -0.358 e. The number of allylic oxidation sites excluding steroid dienone is 3. The molecule has 1 aromatic heterocycles. The van der Waals surface area contributed by atoms with E-state index in [1.165, 1.54) is 0 Å². The summed E-state index contributed by atoms with van der Waals surface area (Å²) in [7, 11) is 0. The van der Waals surface area contributed by atoms with Crippen LogP contribution in [0.15, 0.2) is 84.6 Å². The van der Waals surface area contributed by atoms with Gasteiger partial charge in [-0.15, -0.1) is 0 Å². The molecule has 0 fully saturated rings. The van der Waals surface area contributed by atoms with Crippen molar-refractivity contribution in [2.24, 2.45) is 0 Å². The SMILES string of the molecule is O=C(Nc1cccc(Cl)c1)C1=C2C=CC=CN2C(Cc2ccc[nH+]c2)N1. The van der Waals surface area contributed by atoms with Crippen LogP contribution in [0.1, 0.15) is 5.56 Å². The number of carbonyl (C=O) groups is 1. The maximum Gasteiger partial charge on any atom is 0.273 e. The Kier molecular flexibility index (Phi) is 4.46. The van der Waals surface area contributed by atoms with E-state index >= 15 is 0 Å². The van der Waals surface area contributed by atoms with E-state index in [-0.39, 0.29) is 12.1 Å². The second kappa shape index (κ2) is 7.06. The summed E-state index contributed by atoms with van der Waals surface area (Å²) < 4.78 is 0. The number of aromatic amines is 1. The fourth-order valence-corrected chi connectivity index (χ4v) is 3.31.